The maximum atomic E-state index is 12.1. The third kappa shape index (κ3) is 2.59. The summed E-state index contributed by atoms with van der Waals surface area (Å²) in [5, 5.41) is 4.23. The summed E-state index contributed by atoms with van der Waals surface area (Å²) in [5.74, 6) is 0.837. The van der Waals surface area contributed by atoms with Gasteiger partial charge in [-0.15, -0.1) is 0 Å². The highest BCUT2D eigenvalue weighted by molar-refractivity contribution is 5.97. The summed E-state index contributed by atoms with van der Waals surface area (Å²) in [6, 6.07) is 9.08. The van der Waals surface area contributed by atoms with E-state index in [-0.39, 0.29) is 5.78 Å². The molecule has 0 aliphatic carbocycles. The van der Waals surface area contributed by atoms with E-state index in [1.165, 1.54) is 0 Å². The van der Waals surface area contributed by atoms with Gasteiger partial charge >= 0.3 is 0 Å². The summed E-state index contributed by atoms with van der Waals surface area (Å²) in [6.45, 7) is 1.92. The van der Waals surface area contributed by atoms with E-state index in [0.717, 1.165) is 17.1 Å². The van der Waals surface area contributed by atoms with Crippen LogP contribution in [-0.2, 0) is 13.5 Å². The second-order valence-electron chi connectivity index (χ2n) is 4.23. The van der Waals surface area contributed by atoms with Gasteiger partial charge in [-0.3, -0.25) is 9.48 Å². The maximum absolute atomic E-state index is 12.1. The number of methoxy groups -OCH3 is 1. The van der Waals surface area contributed by atoms with E-state index in [1.54, 1.807) is 36.1 Å². The smallest absolute Gasteiger partial charge is 0.168 e. The SMILES string of the molecule is COc1ccc(C(=O)Cc2cc(C)nn2C)cc1. The second-order valence-corrected chi connectivity index (χ2v) is 4.23. The Morgan fingerprint density at radius 2 is 2.00 bits per heavy atom. The average molecular weight is 244 g/mol. The zero-order chi connectivity index (χ0) is 13.1. The van der Waals surface area contributed by atoms with Crippen LogP contribution in [0.2, 0.25) is 0 Å². The molecule has 2 aromatic rings. The number of nitrogens with zero attached hydrogens (tertiary/aromatic N) is 2. The van der Waals surface area contributed by atoms with Gasteiger partial charge in [0.05, 0.1) is 19.2 Å². The molecule has 0 bridgehead atoms. The topological polar surface area (TPSA) is 44.1 Å². The predicted octanol–water partition coefficient (Wildman–Crippen LogP) is 2.16. The molecule has 94 valence electrons. The zero-order valence-corrected chi connectivity index (χ0v) is 10.8. The molecular weight excluding hydrogens is 228 g/mol. The monoisotopic (exact) mass is 244 g/mol. The van der Waals surface area contributed by atoms with E-state index < -0.39 is 0 Å². The molecule has 0 saturated heterocycles. The van der Waals surface area contributed by atoms with Crippen molar-refractivity contribution in [2.45, 2.75) is 13.3 Å². The normalized spacial score (nSPS) is 10.4. The van der Waals surface area contributed by atoms with E-state index in [2.05, 4.69) is 5.10 Å². The van der Waals surface area contributed by atoms with Gasteiger partial charge in [-0.25, -0.2) is 0 Å². The van der Waals surface area contributed by atoms with Gasteiger partial charge in [-0.2, -0.15) is 5.10 Å². The summed E-state index contributed by atoms with van der Waals surface area (Å²) < 4.78 is 6.81. The summed E-state index contributed by atoms with van der Waals surface area (Å²) in [7, 11) is 3.46. The molecule has 1 aromatic heterocycles. The fourth-order valence-corrected chi connectivity index (χ4v) is 1.87. The van der Waals surface area contributed by atoms with E-state index >= 15 is 0 Å². The van der Waals surface area contributed by atoms with Crippen molar-refractivity contribution in [2.75, 3.05) is 7.11 Å². The zero-order valence-electron chi connectivity index (χ0n) is 10.8. The molecule has 0 atom stereocenters. The van der Waals surface area contributed by atoms with Gasteiger partial charge in [0.1, 0.15) is 5.75 Å². The predicted molar refractivity (Wildman–Crippen MR) is 69.0 cm³/mol. The average Bonchev–Trinajstić information content (AvgIpc) is 2.68. The molecule has 1 aromatic carbocycles. The Balaban J connectivity index is 2.14. The first-order valence-corrected chi connectivity index (χ1v) is 5.77. The van der Waals surface area contributed by atoms with Gasteiger partial charge in [-0.05, 0) is 37.3 Å². The molecule has 0 saturated carbocycles. The molecule has 1 heterocycles. The minimum absolute atomic E-state index is 0.0839. The standard InChI is InChI=1S/C14H16N2O2/c1-10-8-12(16(2)15-10)9-14(17)11-4-6-13(18-3)7-5-11/h4-8H,9H2,1-3H3. The Hall–Kier alpha value is -2.10. The van der Waals surface area contributed by atoms with Crippen LogP contribution in [-0.4, -0.2) is 22.7 Å². The highest BCUT2D eigenvalue weighted by Crippen LogP contribution is 2.13. The molecule has 0 amide bonds. The molecular formula is C14H16N2O2. The van der Waals surface area contributed by atoms with Gasteiger partial charge < -0.3 is 4.74 Å². The lowest BCUT2D eigenvalue weighted by molar-refractivity contribution is 0.0990. The van der Waals surface area contributed by atoms with Crippen LogP contribution in [0.1, 0.15) is 21.7 Å². The highest BCUT2D eigenvalue weighted by Gasteiger charge is 2.10. The summed E-state index contributed by atoms with van der Waals surface area (Å²) in [4.78, 5) is 12.1. The summed E-state index contributed by atoms with van der Waals surface area (Å²) in [5.41, 5.74) is 2.54. The number of hydrogen-bond acceptors (Lipinski definition) is 3. The number of benzene rings is 1. The van der Waals surface area contributed by atoms with Crippen molar-refractivity contribution in [3.63, 3.8) is 0 Å². The first-order valence-electron chi connectivity index (χ1n) is 5.77. The van der Waals surface area contributed by atoms with E-state index in [1.807, 2.05) is 20.0 Å². The van der Waals surface area contributed by atoms with Crippen molar-refractivity contribution in [2.24, 2.45) is 7.05 Å². The maximum Gasteiger partial charge on any atom is 0.168 e. The van der Waals surface area contributed by atoms with Crippen LogP contribution in [0.3, 0.4) is 0 Å². The molecule has 0 N–H and O–H groups in total. The van der Waals surface area contributed by atoms with E-state index in [0.29, 0.717) is 12.0 Å². The third-order valence-electron chi connectivity index (χ3n) is 2.85. The summed E-state index contributed by atoms with van der Waals surface area (Å²) >= 11 is 0. The molecule has 4 nitrogen and oxygen atoms in total. The molecule has 0 spiro atoms. The van der Waals surface area contributed by atoms with Crippen LogP contribution in [0.25, 0.3) is 0 Å². The molecule has 18 heavy (non-hydrogen) atoms. The second kappa shape index (κ2) is 5.04. The van der Waals surface area contributed by atoms with Crippen LogP contribution in [0, 0.1) is 6.92 Å². The Morgan fingerprint density at radius 1 is 1.33 bits per heavy atom. The number of carbonyl (C=O) groups is 1. The molecule has 0 aliphatic rings. The van der Waals surface area contributed by atoms with Crippen LogP contribution < -0.4 is 4.74 Å². The van der Waals surface area contributed by atoms with Crippen molar-refractivity contribution in [3.8, 4) is 5.75 Å². The third-order valence-corrected chi connectivity index (χ3v) is 2.85. The van der Waals surface area contributed by atoms with Crippen molar-refractivity contribution in [3.05, 3.63) is 47.3 Å². The Labute approximate surface area is 106 Å². The number of rotatable bonds is 4. The first-order chi connectivity index (χ1) is 8.60. The largest absolute Gasteiger partial charge is 0.497 e. The number of ether oxygens (including phenoxy) is 1. The van der Waals surface area contributed by atoms with E-state index in [4.69, 9.17) is 4.74 Å². The lowest BCUT2D eigenvalue weighted by atomic mass is 10.1. The van der Waals surface area contributed by atoms with Crippen molar-refractivity contribution in [1.29, 1.82) is 0 Å². The van der Waals surface area contributed by atoms with Crippen molar-refractivity contribution < 1.29 is 9.53 Å². The van der Waals surface area contributed by atoms with Crippen molar-refractivity contribution >= 4 is 5.78 Å². The highest BCUT2D eigenvalue weighted by atomic mass is 16.5. The lowest BCUT2D eigenvalue weighted by Crippen LogP contribution is -2.07. The number of aromatic nitrogens is 2. The Bertz CT molecular complexity index is 556. The Morgan fingerprint density at radius 3 is 2.50 bits per heavy atom. The van der Waals surface area contributed by atoms with Gasteiger partial charge in [-0.1, -0.05) is 0 Å². The van der Waals surface area contributed by atoms with Gasteiger partial charge in [0.15, 0.2) is 5.78 Å². The van der Waals surface area contributed by atoms with Crippen LogP contribution in [0.5, 0.6) is 5.75 Å². The van der Waals surface area contributed by atoms with Gasteiger partial charge in [0, 0.05) is 18.3 Å². The molecule has 2 rings (SSSR count). The minimum Gasteiger partial charge on any atom is -0.497 e. The fourth-order valence-electron chi connectivity index (χ4n) is 1.87. The number of Topliss-reactive ketones (excluding diaryl/α,β-unsaturated/α-hetero) is 1. The van der Waals surface area contributed by atoms with Crippen LogP contribution in [0.4, 0.5) is 0 Å². The van der Waals surface area contributed by atoms with Crippen LogP contribution >= 0.6 is 0 Å². The fraction of sp³-hybridized carbons (Fsp3) is 0.286. The summed E-state index contributed by atoms with van der Waals surface area (Å²) in [6.07, 6.45) is 0.365. The molecule has 0 unspecified atom stereocenters. The first kappa shape index (κ1) is 12.4. The quantitative estimate of drug-likeness (QED) is 0.774. The van der Waals surface area contributed by atoms with E-state index in [9.17, 15) is 4.79 Å². The molecule has 4 heteroatoms. The molecule has 0 aliphatic heterocycles. The number of ketones is 1. The van der Waals surface area contributed by atoms with Crippen molar-refractivity contribution in [1.82, 2.24) is 9.78 Å². The molecule has 0 fully saturated rings. The number of aryl methyl sites for hydroxylation is 2. The number of carbonyl (C=O) groups excluding carboxylic acids is 1. The number of hydrogen-bond donors (Lipinski definition) is 0. The Kier molecular flexibility index (Phi) is 3.46. The van der Waals surface area contributed by atoms with Gasteiger partial charge in [0.25, 0.3) is 0 Å². The van der Waals surface area contributed by atoms with Gasteiger partial charge in [0.2, 0.25) is 0 Å². The minimum atomic E-state index is 0.0839. The van der Waals surface area contributed by atoms with Crippen LogP contribution in [0.15, 0.2) is 30.3 Å². The lowest BCUT2D eigenvalue weighted by Gasteiger charge is -2.03. The molecule has 0 radical (unpaired) electrons.